The molecule has 0 fully saturated rings. The zero-order valence-corrected chi connectivity index (χ0v) is 11.4. The van der Waals surface area contributed by atoms with Crippen molar-refractivity contribution in [1.82, 2.24) is 0 Å². The standard InChI is InChI=1S/C13H30NO3/c1-3-4-5-6-7-13(17)12-14(2,8-10-15)9-11-16/h13,15-17H,3-12H2,1-2H3/q+1. The molecule has 104 valence electrons. The van der Waals surface area contributed by atoms with Gasteiger partial charge in [-0.25, -0.2) is 0 Å². The minimum absolute atomic E-state index is 0.0963. The quantitative estimate of drug-likeness (QED) is 0.373. The molecule has 0 aromatic rings. The van der Waals surface area contributed by atoms with Crippen molar-refractivity contribution in [3.8, 4) is 0 Å². The highest BCUT2D eigenvalue weighted by Gasteiger charge is 2.24. The van der Waals surface area contributed by atoms with Crippen molar-refractivity contribution in [2.24, 2.45) is 0 Å². The first-order valence-corrected chi connectivity index (χ1v) is 6.81. The van der Waals surface area contributed by atoms with Crippen molar-refractivity contribution < 1.29 is 19.8 Å². The van der Waals surface area contributed by atoms with Crippen molar-refractivity contribution in [2.75, 3.05) is 39.9 Å². The molecular formula is C13H30NO3+. The molecule has 0 spiro atoms. The number of hydrogen-bond acceptors (Lipinski definition) is 3. The number of aliphatic hydroxyl groups is 3. The number of nitrogens with zero attached hydrogens (tertiary/aromatic N) is 1. The van der Waals surface area contributed by atoms with Crippen LogP contribution in [0.25, 0.3) is 0 Å². The predicted molar refractivity (Wildman–Crippen MR) is 69.7 cm³/mol. The third kappa shape index (κ3) is 8.55. The first kappa shape index (κ1) is 16.8. The molecule has 0 saturated heterocycles. The van der Waals surface area contributed by atoms with Crippen molar-refractivity contribution >= 4 is 0 Å². The summed E-state index contributed by atoms with van der Waals surface area (Å²) < 4.78 is 0.544. The van der Waals surface area contributed by atoms with Crippen molar-refractivity contribution in [3.63, 3.8) is 0 Å². The monoisotopic (exact) mass is 248 g/mol. The van der Waals surface area contributed by atoms with E-state index in [-0.39, 0.29) is 19.3 Å². The zero-order chi connectivity index (χ0) is 13.1. The minimum atomic E-state index is -0.324. The smallest absolute Gasteiger partial charge is 0.105 e. The van der Waals surface area contributed by atoms with Gasteiger partial charge in [-0.05, 0) is 6.42 Å². The van der Waals surface area contributed by atoms with Crippen molar-refractivity contribution in [3.05, 3.63) is 0 Å². The third-order valence-corrected chi connectivity index (χ3v) is 3.32. The molecule has 0 aliphatic carbocycles. The summed E-state index contributed by atoms with van der Waals surface area (Å²) in [5, 5.41) is 28.0. The SMILES string of the molecule is CCCCCCC(O)C[N+](C)(CCO)CCO. The van der Waals surface area contributed by atoms with E-state index in [1.54, 1.807) is 0 Å². The van der Waals surface area contributed by atoms with Crippen LogP contribution in [0.5, 0.6) is 0 Å². The lowest BCUT2D eigenvalue weighted by molar-refractivity contribution is -0.913. The Morgan fingerprint density at radius 2 is 1.59 bits per heavy atom. The number of hydrogen-bond donors (Lipinski definition) is 3. The molecule has 0 saturated carbocycles. The lowest BCUT2D eigenvalue weighted by atomic mass is 10.1. The van der Waals surface area contributed by atoms with Crippen LogP contribution in [0.15, 0.2) is 0 Å². The maximum Gasteiger partial charge on any atom is 0.105 e. The van der Waals surface area contributed by atoms with E-state index >= 15 is 0 Å². The van der Waals surface area contributed by atoms with E-state index in [4.69, 9.17) is 10.2 Å². The van der Waals surface area contributed by atoms with Gasteiger partial charge < -0.3 is 19.8 Å². The summed E-state index contributed by atoms with van der Waals surface area (Å²) >= 11 is 0. The molecule has 0 aromatic heterocycles. The molecule has 0 amide bonds. The summed E-state index contributed by atoms with van der Waals surface area (Å²) in [4.78, 5) is 0. The summed E-state index contributed by atoms with van der Waals surface area (Å²) in [5.74, 6) is 0. The van der Waals surface area contributed by atoms with Crippen LogP contribution in [0, 0.1) is 0 Å². The van der Waals surface area contributed by atoms with Gasteiger partial charge in [0.25, 0.3) is 0 Å². The second kappa shape index (κ2) is 9.83. The third-order valence-electron chi connectivity index (χ3n) is 3.32. The van der Waals surface area contributed by atoms with E-state index in [1.165, 1.54) is 19.3 Å². The average Bonchev–Trinajstić information content (AvgIpc) is 2.24. The largest absolute Gasteiger partial charge is 0.391 e. The topological polar surface area (TPSA) is 60.7 Å². The second-order valence-corrected chi connectivity index (χ2v) is 5.20. The van der Waals surface area contributed by atoms with E-state index in [1.807, 2.05) is 7.05 Å². The Labute approximate surface area is 105 Å². The number of unbranched alkanes of at least 4 members (excludes halogenated alkanes) is 3. The van der Waals surface area contributed by atoms with Gasteiger partial charge in [0.05, 0.1) is 20.3 Å². The van der Waals surface area contributed by atoms with Crippen LogP contribution in [0.3, 0.4) is 0 Å². The van der Waals surface area contributed by atoms with Gasteiger partial charge >= 0.3 is 0 Å². The fourth-order valence-corrected chi connectivity index (χ4v) is 2.18. The Bertz CT molecular complexity index is 170. The fourth-order valence-electron chi connectivity index (χ4n) is 2.18. The summed E-state index contributed by atoms with van der Waals surface area (Å²) in [5.41, 5.74) is 0. The molecule has 0 aromatic carbocycles. The normalized spacial score (nSPS) is 13.9. The van der Waals surface area contributed by atoms with E-state index in [0.29, 0.717) is 24.1 Å². The van der Waals surface area contributed by atoms with E-state index in [9.17, 15) is 5.11 Å². The van der Waals surface area contributed by atoms with E-state index in [2.05, 4.69) is 6.92 Å². The molecular weight excluding hydrogens is 218 g/mol. The van der Waals surface area contributed by atoms with Crippen LogP contribution >= 0.6 is 0 Å². The summed E-state index contributed by atoms with van der Waals surface area (Å²) in [6.07, 6.45) is 5.18. The van der Waals surface area contributed by atoms with Crippen LogP contribution in [-0.2, 0) is 0 Å². The highest BCUT2D eigenvalue weighted by atomic mass is 16.3. The molecule has 1 atom stereocenters. The van der Waals surface area contributed by atoms with Gasteiger partial charge in [0.2, 0.25) is 0 Å². The number of rotatable bonds is 11. The number of aliphatic hydroxyl groups excluding tert-OH is 3. The lowest BCUT2D eigenvalue weighted by Crippen LogP contribution is -2.52. The molecule has 0 rings (SSSR count). The van der Waals surface area contributed by atoms with Crippen LogP contribution in [0.4, 0.5) is 0 Å². The predicted octanol–water partition coefficient (Wildman–Crippen LogP) is 0.749. The van der Waals surface area contributed by atoms with E-state index in [0.717, 1.165) is 12.8 Å². The molecule has 0 aliphatic rings. The average molecular weight is 248 g/mol. The summed E-state index contributed by atoms with van der Waals surface area (Å²) in [7, 11) is 1.97. The second-order valence-electron chi connectivity index (χ2n) is 5.20. The maximum absolute atomic E-state index is 9.96. The Balaban J connectivity index is 3.90. The molecule has 3 N–H and O–H groups in total. The Morgan fingerprint density at radius 3 is 2.06 bits per heavy atom. The zero-order valence-electron chi connectivity index (χ0n) is 11.4. The van der Waals surface area contributed by atoms with Crippen molar-refractivity contribution in [2.45, 2.75) is 45.1 Å². The van der Waals surface area contributed by atoms with Gasteiger partial charge in [0.15, 0.2) is 0 Å². The Hall–Kier alpha value is -0.160. The molecule has 0 heterocycles. The number of likely N-dealkylation sites (N-methyl/N-ethyl adjacent to an activating group) is 1. The van der Waals surface area contributed by atoms with Gasteiger partial charge in [0, 0.05) is 0 Å². The van der Waals surface area contributed by atoms with Crippen LogP contribution < -0.4 is 0 Å². The maximum atomic E-state index is 9.96. The first-order chi connectivity index (χ1) is 8.08. The van der Waals surface area contributed by atoms with E-state index < -0.39 is 0 Å². The van der Waals surface area contributed by atoms with Crippen LogP contribution in [0.1, 0.15) is 39.0 Å². The molecule has 1 unspecified atom stereocenters. The molecule has 0 bridgehead atoms. The molecule has 0 radical (unpaired) electrons. The van der Waals surface area contributed by atoms with Gasteiger partial charge in [-0.1, -0.05) is 32.6 Å². The lowest BCUT2D eigenvalue weighted by Gasteiger charge is -2.35. The van der Waals surface area contributed by atoms with Gasteiger partial charge in [-0.3, -0.25) is 0 Å². The minimum Gasteiger partial charge on any atom is -0.391 e. The Morgan fingerprint density at radius 1 is 1.00 bits per heavy atom. The van der Waals surface area contributed by atoms with Crippen molar-refractivity contribution in [1.29, 1.82) is 0 Å². The first-order valence-electron chi connectivity index (χ1n) is 6.81. The van der Waals surface area contributed by atoms with Crippen LogP contribution in [0.2, 0.25) is 0 Å². The molecule has 4 heteroatoms. The highest BCUT2D eigenvalue weighted by Crippen LogP contribution is 2.10. The highest BCUT2D eigenvalue weighted by molar-refractivity contribution is 4.56. The molecule has 17 heavy (non-hydrogen) atoms. The summed E-state index contributed by atoms with van der Waals surface area (Å²) in [6.45, 7) is 4.16. The Kier molecular flexibility index (Phi) is 9.74. The number of quaternary nitrogens is 1. The van der Waals surface area contributed by atoms with Gasteiger partial charge in [-0.2, -0.15) is 0 Å². The fraction of sp³-hybridized carbons (Fsp3) is 1.00. The van der Waals surface area contributed by atoms with Crippen LogP contribution in [-0.4, -0.2) is 65.8 Å². The summed E-state index contributed by atoms with van der Waals surface area (Å²) in [6, 6.07) is 0. The molecule has 0 aliphatic heterocycles. The van der Waals surface area contributed by atoms with Gasteiger partial charge in [0.1, 0.15) is 25.7 Å². The molecule has 4 nitrogen and oxygen atoms in total. The van der Waals surface area contributed by atoms with Gasteiger partial charge in [-0.15, -0.1) is 0 Å².